The van der Waals surface area contributed by atoms with Crippen LogP contribution in [-0.2, 0) is 9.47 Å². The molecule has 1 aromatic heterocycles. The molecular formula is C25H32BrNO6. The first-order valence-corrected chi connectivity index (χ1v) is 11.8. The minimum absolute atomic E-state index is 0.190. The van der Waals surface area contributed by atoms with Crippen molar-refractivity contribution in [1.29, 1.82) is 0 Å². The van der Waals surface area contributed by atoms with Crippen molar-refractivity contribution in [3.05, 3.63) is 39.1 Å². The zero-order chi connectivity index (χ0) is 24.7. The van der Waals surface area contributed by atoms with E-state index in [9.17, 15) is 9.59 Å². The minimum Gasteiger partial charge on any atom is -0.493 e. The molecule has 0 fully saturated rings. The number of aryl methyl sites for hydroxylation is 2. The molecule has 2 rings (SSSR count). The number of methoxy groups -OCH3 is 1. The summed E-state index contributed by atoms with van der Waals surface area (Å²) in [5, 5.41) is 0. The maximum Gasteiger partial charge on any atom is 0.340 e. The zero-order valence-corrected chi connectivity index (χ0v) is 21.9. The number of carbonyl (C=O) groups is 2. The highest BCUT2D eigenvalue weighted by molar-refractivity contribution is 9.10. The van der Waals surface area contributed by atoms with Gasteiger partial charge >= 0.3 is 11.9 Å². The van der Waals surface area contributed by atoms with E-state index in [1.807, 2.05) is 0 Å². The molecule has 1 aromatic carbocycles. The Morgan fingerprint density at radius 2 is 1.55 bits per heavy atom. The number of hydrogen-bond acceptors (Lipinski definition) is 7. The molecule has 0 aliphatic heterocycles. The van der Waals surface area contributed by atoms with Gasteiger partial charge in [0.1, 0.15) is 0 Å². The fourth-order valence-electron chi connectivity index (χ4n) is 3.45. The number of rotatable bonds is 10. The van der Waals surface area contributed by atoms with Crippen LogP contribution in [0.3, 0.4) is 0 Å². The second-order valence-corrected chi connectivity index (χ2v) is 8.72. The lowest BCUT2D eigenvalue weighted by Crippen LogP contribution is -2.17. The summed E-state index contributed by atoms with van der Waals surface area (Å²) in [6.45, 7) is 12.0. The van der Waals surface area contributed by atoms with Crippen molar-refractivity contribution in [2.45, 2.75) is 48.0 Å². The first-order valence-electron chi connectivity index (χ1n) is 11.0. The molecule has 0 amide bonds. The number of benzene rings is 1. The van der Waals surface area contributed by atoms with Gasteiger partial charge in [-0.2, -0.15) is 0 Å². The summed E-state index contributed by atoms with van der Waals surface area (Å²) in [6, 6.07) is 3.54. The zero-order valence-electron chi connectivity index (χ0n) is 20.3. The van der Waals surface area contributed by atoms with Crippen LogP contribution in [0, 0.1) is 19.8 Å². The van der Waals surface area contributed by atoms with Crippen LogP contribution in [0.5, 0.6) is 11.5 Å². The van der Waals surface area contributed by atoms with Crippen molar-refractivity contribution >= 4 is 27.9 Å². The molecule has 7 nitrogen and oxygen atoms in total. The van der Waals surface area contributed by atoms with Crippen molar-refractivity contribution in [3.8, 4) is 22.6 Å². The quantitative estimate of drug-likeness (QED) is 0.359. The van der Waals surface area contributed by atoms with Crippen LogP contribution in [0.2, 0.25) is 0 Å². The Kier molecular flexibility index (Phi) is 9.70. The van der Waals surface area contributed by atoms with Crippen LogP contribution >= 0.6 is 15.9 Å². The van der Waals surface area contributed by atoms with Crippen LogP contribution in [0.15, 0.2) is 16.6 Å². The number of esters is 2. The van der Waals surface area contributed by atoms with Crippen molar-refractivity contribution < 1.29 is 28.5 Å². The van der Waals surface area contributed by atoms with Crippen molar-refractivity contribution in [1.82, 2.24) is 4.98 Å². The minimum atomic E-state index is -0.560. The van der Waals surface area contributed by atoms with Gasteiger partial charge in [-0.3, -0.25) is 4.98 Å². The number of ether oxygens (including phenoxy) is 4. The molecule has 0 spiro atoms. The van der Waals surface area contributed by atoms with Gasteiger partial charge in [0.2, 0.25) is 0 Å². The molecule has 0 bridgehead atoms. The van der Waals surface area contributed by atoms with Gasteiger partial charge in [0.05, 0.1) is 53.9 Å². The fraction of sp³-hybridized carbons (Fsp3) is 0.480. The average molecular weight is 522 g/mol. The highest BCUT2D eigenvalue weighted by atomic mass is 79.9. The monoisotopic (exact) mass is 521 g/mol. The van der Waals surface area contributed by atoms with Gasteiger partial charge in [0, 0.05) is 5.56 Å². The molecule has 0 saturated heterocycles. The SMILES string of the molecule is CCOC(=O)c1c(C)nc(C)c(C(=O)OCC)c1-c1cc(Br)c(OCCC(C)C)c(OC)c1. The normalized spacial score (nSPS) is 10.8. The second-order valence-electron chi connectivity index (χ2n) is 7.87. The third-order valence-electron chi connectivity index (χ3n) is 4.98. The summed E-state index contributed by atoms with van der Waals surface area (Å²) in [7, 11) is 1.54. The lowest BCUT2D eigenvalue weighted by atomic mass is 9.92. The Bertz CT molecular complexity index is 976. The Morgan fingerprint density at radius 1 is 1.00 bits per heavy atom. The largest absolute Gasteiger partial charge is 0.493 e. The molecule has 0 unspecified atom stereocenters. The van der Waals surface area contributed by atoms with Crippen molar-refractivity contribution in [3.63, 3.8) is 0 Å². The fourth-order valence-corrected chi connectivity index (χ4v) is 4.00. The van der Waals surface area contributed by atoms with Crippen LogP contribution in [0.25, 0.3) is 11.1 Å². The maximum absolute atomic E-state index is 12.9. The van der Waals surface area contributed by atoms with Crippen LogP contribution in [0.1, 0.15) is 66.2 Å². The van der Waals surface area contributed by atoms with Gasteiger partial charge in [-0.25, -0.2) is 9.59 Å². The van der Waals surface area contributed by atoms with E-state index in [4.69, 9.17) is 18.9 Å². The number of carbonyl (C=O) groups excluding carboxylic acids is 2. The molecule has 0 aliphatic carbocycles. The van der Waals surface area contributed by atoms with Crippen molar-refractivity contribution in [2.24, 2.45) is 5.92 Å². The van der Waals surface area contributed by atoms with E-state index >= 15 is 0 Å². The Morgan fingerprint density at radius 3 is 2.00 bits per heavy atom. The Labute approximate surface area is 203 Å². The highest BCUT2D eigenvalue weighted by Gasteiger charge is 2.29. The molecule has 0 N–H and O–H groups in total. The van der Waals surface area contributed by atoms with Gasteiger partial charge in [0.25, 0.3) is 0 Å². The van der Waals surface area contributed by atoms with Gasteiger partial charge in [0.15, 0.2) is 11.5 Å². The topological polar surface area (TPSA) is 84.0 Å². The number of pyridine rings is 1. The third-order valence-corrected chi connectivity index (χ3v) is 5.57. The summed E-state index contributed by atoms with van der Waals surface area (Å²) in [4.78, 5) is 30.3. The summed E-state index contributed by atoms with van der Waals surface area (Å²) in [5.74, 6) is 0.404. The van der Waals surface area contributed by atoms with E-state index in [0.717, 1.165) is 6.42 Å². The van der Waals surface area contributed by atoms with Gasteiger partial charge in [-0.1, -0.05) is 13.8 Å². The first kappa shape index (κ1) is 26.6. The number of halogens is 1. The first-order chi connectivity index (χ1) is 15.7. The molecule has 0 radical (unpaired) electrons. The standard InChI is InChI=1S/C25H32BrNO6/c1-8-31-24(28)20-15(5)27-16(6)21(25(29)32-9-2)22(20)17-12-18(26)23(19(13-17)30-7)33-11-10-14(3)4/h12-14H,8-11H2,1-7H3. The Hall–Kier alpha value is -2.61. The molecular weight excluding hydrogens is 490 g/mol. The van der Waals surface area contributed by atoms with Crippen LogP contribution in [-0.4, -0.2) is 43.9 Å². The maximum atomic E-state index is 12.9. The van der Waals surface area contributed by atoms with E-state index in [0.29, 0.717) is 51.0 Å². The molecule has 8 heteroatoms. The van der Waals surface area contributed by atoms with Crippen LogP contribution in [0.4, 0.5) is 0 Å². The van der Waals surface area contributed by atoms with Gasteiger partial charge in [-0.05, 0) is 73.7 Å². The molecule has 180 valence electrons. The molecule has 0 atom stereocenters. The lowest BCUT2D eigenvalue weighted by molar-refractivity contribution is 0.0525. The van der Waals surface area contributed by atoms with Crippen molar-refractivity contribution in [2.75, 3.05) is 26.9 Å². The molecule has 1 heterocycles. The summed E-state index contributed by atoms with van der Waals surface area (Å²) in [6.07, 6.45) is 0.889. The average Bonchev–Trinajstić information content (AvgIpc) is 2.73. The van der Waals surface area contributed by atoms with Gasteiger partial charge in [-0.15, -0.1) is 0 Å². The third kappa shape index (κ3) is 6.25. The predicted octanol–water partition coefficient (Wildman–Crippen LogP) is 5.91. The number of hydrogen-bond donors (Lipinski definition) is 0. The molecule has 33 heavy (non-hydrogen) atoms. The van der Waals surface area contributed by atoms with E-state index in [2.05, 4.69) is 34.8 Å². The predicted molar refractivity (Wildman–Crippen MR) is 130 cm³/mol. The second kappa shape index (κ2) is 12.0. The highest BCUT2D eigenvalue weighted by Crippen LogP contribution is 2.42. The summed E-state index contributed by atoms with van der Waals surface area (Å²) < 4.78 is 22.8. The van der Waals surface area contributed by atoms with E-state index in [-0.39, 0.29) is 24.3 Å². The molecule has 0 aliphatic rings. The number of aromatic nitrogens is 1. The Balaban J connectivity index is 2.79. The number of nitrogens with zero attached hydrogens (tertiary/aromatic N) is 1. The molecule has 0 saturated carbocycles. The van der Waals surface area contributed by atoms with E-state index in [1.165, 1.54) is 0 Å². The molecule has 2 aromatic rings. The smallest absolute Gasteiger partial charge is 0.340 e. The van der Waals surface area contributed by atoms with E-state index in [1.54, 1.807) is 46.9 Å². The van der Waals surface area contributed by atoms with Crippen LogP contribution < -0.4 is 9.47 Å². The summed E-state index contributed by atoms with van der Waals surface area (Å²) in [5.41, 5.74) is 2.32. The lowest BCUT2D eigenvalue weighted by Gasteiger charge is -2.20. The van der Waals surface area contributed by atoms with E-state index < -0.39 is 11.9 Å². The summed E-state index contributed by atoms with van der Waals surface area (Å²) >= 11 is 3.57. The van der Waals surface area contributed by atoms with Gasteiger partial charge < -0.3 is 18.9 Å².